The number of ether oxygens (including phenoxy) is 1. The number of amides is 2. The van der Waals surface area contributed by atoms with E-state index in [2.05, 4.69) is 21.2 Å². The molecular weight excluding hydrogens is 380 g/mol. The van der Waals surface area contributed by atoms with Crippen LogP contribution in [0.25, 0.3) is 10.8 Å². The Morgan fingerprint density at radius 2 is 1.67 bits per heavy atom. The summed E-state index contributed by atoms with van der Waals surface area (Å²) in [5.41, 5.74) is 0.820. The number of carbonyl (C=O) groups excluding carboxylic acids is 2. The molecular formula is C23H30N4O3. The molecule has 30 heavy (non-hydrogen) atoms. The van der Waals surface area contributed by atoms with Crippen LogP contribution in [0.15, 0.2) is 42.5 Å². The van der Waals surface area contributed by atoms with Gasteiger partial charge in [0.05, 0.1) is 25.8 Å². The summed E-state index contributed by atoms with van der Waals surface area (Å²) in [5, 5.41) is 5.32. The lowest BCUT2D eigenvalue weighted by atomic mass is 10.1. The van der Waals surface area contributed by atoms with Crippen LogP contribution in [0.3, 0.4) is 0 Å². The van der Waals surface area contributed by atoms with Gasteiger partial charge in [-0.15, -0.1) is 0 Å². The van der Waals surface area contributed by atoms with E-state index in [4.69, 9.17) is 4.74 Å². The predicted molar refractivity (Wildman–Crippen MR) is 117 cm³/mol. The first-order valence-electron chi connectivity index (χ1n) is 10.7. The molecule has 1 N–H and O–H groups in total. The normalized spacial score (nSPS) is 19.6. The molecule has 0 radical (unpaired) electrons. The van der Waals surface area contributed by atoms with E-state index >= 15 is 0 Å². The van der Waals surface area contributed by atoms with Crippen molar-refractivity contribution in [3.63, 3.8) is 0 Å². The Kier molecular flexibility index (Phi) is 6.62. The van der Waals surface area contributed by atoms with Gasteiger partial charge in [0.1, 0.15) is 0 Å². The van der Waals surface area contributed by atoms with Crippen LogP contribution in [0.4, 0.5) is 5.69 Å². The number of fused-ring (bicyclic) bond motifs is 1. The smallest absolute Gasteiger partial charge is 0.241 e. The molecule has 2 aliphatic heterocycles. The second-order valence-corrected chi connectivity index (χ2v) is 8.03. The number of nitrogens with zero attached hydrogens (tertiary/aromatic N) is 3. The van der Waals surface area contributed by atoms with Crippen LogP contribution in [0.5, 0.6) is 0 Å². The van der Waals surface area contributed by atoms with Crippen molar-refractivity contribution in [3.05, 3.63) is 42.5 Å². The van der Waals surface area contributed by atoms with E-state index in [9.17, 15) is 9.59 Å². The standard InChI is InChI=1S/C23H30N4O3/c1-18(23(29)24-21-7-6-19-4-2-3-5-20(19)16-21)26-10-8-25(9-11-26)17-22(28)27-12-14-30-15-13-27/h2-7,16,18H,8-15,17H2,1H3,(H,24,29)/t18-/m0/s1. The molecule has 4 rings (SSSR count). The summed E-state index contributed by atoms with van der Waals surface area (Å²) in [4.78, 5) is 31.5. The Morgan fingerprint density at radius 3 is 2.40 bits per heavy atom. The van der Waals surface area contributed by atoms with Crippen molar-refractivity contribution in [2.45, 2.75) is 13.0 Å². The highest BCUT2D eigenvalue weighted by Gasteiger charge is 2.27. The molecule has 0 spiro atoms. The van der Waals surface area contributed by atoms with Gasteiger partial charge in [0.2, 0.25) is 11.8 Å². The molecule has 0 bridgehead atoms. The van der Waals surface area contributed by atoms with Crippen molar-refractivity contribution in [1.82, 2.24) is 14.7 Å². The highest BCUT2D eigenvalue weighted by atomic mass is 16.5. The lowest BCUT2D eigenvalue weighted by molar-refractivity contribution is -0.137. The highest BCUT2D eigenvalue weighted by Crippen LogP contribution is 2.19. The average molecular weight is 411 g/mol. The number of rotatable bonds is 5. The van der Waals surface area contributed by atoms with Crippen molar-refractivity contribution in [3.8, 4) is 0 Å². The maximum Gasteiger partial charge on any atom is 0.241 e. The number of morpholine rings is 1. The molecule has 0 unspecified atom stereocenters. The Hall–Kier alpha value is -2.48. The number of anilines is 1. The monoisotopic (exact) mass is 410 g/mol. The Balaban J connectivity index is 1.26. The number of nitrogens with one attached hydrogen (secondary N) is 1. The maximum absolute atomic E-state index is 12.8. The van der Waals surface area contributed by atoms with Crippen LogP contribution in [0, 0.1) is 0 Å². The van der Waals surface area contributed by atoms with Gasteiger partial charge in [-0.25, -0.2) is 0 Å². The lowest BCUT2D eigenvalue weighted by Gasteiger charge is -2.38. The van der Waals surface area contributed by atoms with Gasteiger partial charge in [-0.3, -0.25) is 19.4 Å². The summed E-state index contributed by atoms with van der Waals surface area (Å²) in [5.74, 6) is 0.178. The van der Waals surface area contributed by atoms with Crippen molar-refractivity contribution >= 4 is 28.3 Å². The first kappa shape index (κ1) is 20.8. The third kappa shape index (κ3) is 4.98. The van der Waals surface area contributed by atoms with Crippen molar-refractivity contribution < 1.29 is 14.3 Å². The molecule has 0 aliphatic carbocycles. The number of carbonyl (C=O) groups is 2. The summed E-state index contributed by atoms with van der Waals surface area (Å²) in [7, 11) is 0. The first-order chi connectivity index (χ1) is 14.6. The van der Waals surface area contributed by atoms with E-state index in [1.165, 1.54) is 0 Å². The molecule has 160 valence electrons. The molecule has 2 fully saturated rings. The molecule has 2 aliphatic rings. The molecule has 2 saturated heterocycles. The van der Waals surface area contributed by atoms with E-state index in [0.717, 1.165) is 42.6 Å². The highest BCUT2D eigenvalue weighted by molar-refractivity contribution is 5.97. The van der Waals surface area contributed by atoms with E-state index in [0.29, 0.717) is 32.8 Å². The largest absolute Gasteiger partial charge is 0.378 e. The number of hydrogen-bond acceptors (Lipinski definition) is 5. The van der Waals surface area contributed by atoms with Crippen LogP contribution in [0.2, 0.25) is 0 Å². The minimum Gasteiger partial charge on any atom is -0.378 e. The molecule has 0 saturated carbocycles. The lowest BCUT2D eigenvalue weighted by Crippen LogP contribution is -2.55. The zero-order chi connectivity index (χ0) is 20.9. The molecule has 2 heterocycles. The van der Waals surface area contributed by atoms with Crippen molar-refractivity contribution in [1.29, 1.82) is 0 Å². The van der Waals surface area contributed by atoms with E-state index in [1.807, 2.05) is 48.2 Å². The zero-order valence-electron chi connectivity index (χ0n) is 17.5. The van der Waals surface area contributed by atoms with Gasteiger partial charge in [-0.05, 0) is 29.8 Å². The van der Waals surface area contributed by atoms with Gasteiger partial charge in [-0.2, -0.15) is 0 Å². The van der Waals surface area contributed by atoms with Crippen molar-refractivity contribution in [2.24, 2.45) is 0 Å². The number of hydrogen-bond donors (Lipinski definition) is 1. The number of piperazine rings is 1. The van der Waals surface area contributed by atoms with Crippen LogP contribution in [0.1, 0.15) is 6.92 Å². The third-order valence-corrected chi connectivity index (χ3v) is 6.07. The Morgan fingerprint density at radius 1 is 0.967 bits per heavy atom. The SMILES string of the molecule is C[C@@H](C(=O)Nc1ccc2ccccc2c1)N1CCN(CC(=O)N2CCOCC2)CC1. The van der Waals surface area contributed by atoms with E-state index in [1.54, 1.807) is 0 Å². The van der Waals surface area contributed by atoms with E-state index in [-0.39, 0.29) is 17.9 Å². The zero-order valence-corrected chi connectivity index (χ0v) is 17.5. The summed E-state index contributed by atoms with van der Waals surface area (Å²) in [6.07, 6.45) is 0. The maximum atomic E-state index is 12.8. The fraction of sp³-hybridized carbons (Fsp3) is 0.478. The van der Waals surface area contributed by atoms with Crippen LogP contribution in [-0.4, -0.2) is 91.6 Å². The van der Waals surface area contributed by atoms with Crippen LogP contribution < -0.4 is 5.32 Å². The molecule has 7 heteroatoms. The van der Waals surface area contributed by atoms with Gasteiger partial charge in [0, 0.05) is 45.0 Å². The van der Waals surface area contributed by atoms with Gasteiger partial charge in [-0.1, -0.05) is 30.3 Å². The summed E-state index contributed by atoms with van der Waals surface area (Å²) in [6.45, 7) is 8.18. The fourth-order valence-corrected chi connectivity index (χ4v) is 4.09. The minimum atomic E-state index is -0.214. The molecule has 2 aromatic carbocycles. The predicted octanol–water partition coefficient (Wildman–Crippen LogP) is 1.64. The molecule has 2 amide bonds. The molecule has 2 aromatic rings. The van der Waals surface area contributed by atoms with Crippen LogP contribution in [-0.2, 0) is 14.3 Å². The molecule has 0 aromatic heterocycles. The van der Waals surface area contributed by atoms with Crippen molar-refractivity contribution in [2.75, 3.05) is 64.3 Å². The summed E-state index contributed by atoms with van der Waals surface area (Å²) < 4.78 is 5.31. The first-order valence-corrected chi connectivity index (χ1v) is 10.7. The van der Waals surface area contributed by atoms with Crippen LogP contribution >= 0.6 is 0 Å². The van der Waals surface area contributed by atoms with Gasteiger partial charge in [0.15, 0.2) is 0 Å². The Bertz CT molecular complexity index is 889. The molecule has 1 atom stereocenters. The Labute approximate surface area is 177 Å². The third-order valence-electron chi connectivity index (χ3n) is 6.07. The summed E-state index contributed by atoms with van der Waals surface area (Å²) in [6, 6.07) is 13.9. The van der Waals surface area contributed by atoms with Gasteiger partial charge in [0.25, 0.3) is 0 Å². The summed E-state index contributed by atoms with van der Waals surface area (Å²) >= 11 is 0. The average Bonchev–Trinajstić information content (AvgIpc) is 2.79. The second kappa shape index (κ2) is 9.55. The quantitative estimate of drug-likeness (QED) is 0.812. The minimum absolute atomic E-state index is 0.00289. The van der Waals surface area contributed by atoms with E-state index < -0.39 is 0 Å². The topological polar surface area (TPSA) is 65.1 Å². The fourth-order valence-electron chi connectivity index (χ4n) is 4.09. The molecule has 7 nitrogen and oxygen atoms in total. The van der Waals surface area contributed by atoms with Gasteiger partial charge < -0.3 is 15.0 Å². The number of benzene rings is 2. The van der Waals surface area contributed by atoms with Gasteiger partial charge >= 0.3 is 0 Å². The second-order valence-electron chi connectivity index (χ2n) is 8.03.